The van der Waals surface area contributed by atoms with Gasteiger partial charge in [0.1, 0.15) is 0 Å². The maximum atomic E-state index is 11.1. The van der Waals surface area contributed by atoms with Crippen molar-refractivity contribution in [3.05, 3.63) is 39.9 Å². The molecule has 3 heteroatoms. The van der Waals surface area contributed by atoms with Gasteiger partial charge in [-0.25, -0.2) is 0 Å². The molecule has 0 heterocycles. The third kappa shape index (κ3) is 3.14. The number of hydrogen-bond donors (Lipinski definition) is 0. The summed E-state index contributed by atoms with van der Waals surface area (Å²) in [6.45, 7) is 6.88. The first-order valence-electron chi connectivity index (χ1n) is 7.13. The number of hydrogen-bond acceptors (Lipinski definition) is 2. The van der Waals surface area contributed by atoms with E-state index < -0.39 is 0 Å². The molecule has 1 aromatic rings. The minimum Gasteiger partial charge on any atom is -0.258 e. The lowest BCUT2D eigenvalue weighted by Gasteiger charge is -2.37. The highest BCUT2D eigenvalue weighted by Gasteiger charge is 2.32. The summed E-state index contributed by atoms with van der Waals surface area (Å²) in [5, 5.41) is 11.1. The molecule has 1 aliphatic rings. The van der Waals surface area contributed by atoms with Gasteiger partial charge in [0.05, 0.1) is 4.92 Å². The predicted octanol–water partition coefficient (Wildman–Crippen LogP) is 4.91. The third-order valence-corrected chi connectivity index (χ3v) is 4.53. The van der Waals surface area contributed by atoms with Crippen LogP contribution in [0.5, 0.6) is 0 Å². The van der Waals surface area contributed by atoms with Crippen molar-refractivity contribution in [2.24, 2.45) is 11.3 Å². The number of nitro groups is 1. The minimum atomic E-state index is -0.245. The van der Waals surface area contributed by atoms with Gasteiger partial charge in [0.2, 0.25) is 0 Å². The van der Waals surface area contributed by atoms with Crippen molar-refractivity contribution in [1.29, 1.82) is 0 Å². The minimum absolute atomic E-state index is 0.245. The molecular formula is C16H23NO2. The Labute approximate surface area is 115 Å². The van der Waals surface area contributed by atoms with Crippen LogP contribution >= 0.6 is 0 Å². The zero-order chi connectivity index (χ0) is 14.0. The second-order valence-corrected chi connectivity index (χ2v) is 6.73. The van der Waals surface area contributed by atoms with Crippen LogP contribution in [-0.4, -0.2) is 4.92 Å². The van der Waals surface area contributed by atoms with E-state index in [0.717, 1.165) is 24.3 Å². The standard InChI is InChI=1S/C16H23NO2/c1-16(2,3)13-10-8-12(9-11-13)14-6-4-5-7-15(14)17(18)19/h4-7,12-13H,8-11H2,1-3H3. The zero-order valence-corrected chi connectivity index (χ0v) is 12.1. The molecule has 1 fully saturated rings. The molecule has 0 aromatic heterocycles. The number of rotatable bonds is 2. The summed E-state index contributed by atoms with van der Waals surface area (Å²) in [6, 6.07) is 7.23. The second kappa shape index (κ2) is 5.32. The molecule has 0 amide bonds. The summed E-state index contributed by atoms with van der Waals surface area (Å²) in [5.74, 6) is 1.10. The molecule has 0 spiro atoms. The lowest BCUT2D eigenvalue weighted by molar-refractivity contribution is -0.385. The van der Waals surface area contributed by atoms with Gasteiger partial charge >= 0.3 is 0 Å². The summed E-state index contributed by atoms with van der Waals surface area (Å²) >= 11 is 0. The maximum absolute atomic E-state index is 11.1. The molecule has 3 nitrogen and oxygen atoms in total. The molecule has 1 saturated carbocycles. The summed E-state index contributed by atoms with van der Waals surface area (Å²) in [5.41, 5.74) is 1.58. The van der Waals surface area contributed by atoms with Crippen LogP contribution in [0.25, 0.3) is 0 Å². The molecule has 1 aliphatic carbocycles. The summed E-state index contributed by atoms with van der Waals surface area (Å²) < 4.78 is 0. The Bertz CT molecular complexity index is 454. The van der Waals surface area contributed by atoms with E-state index in [1.165, 1.54) is 12.8 Å². The summed E-state index contributed by atoms with van der Waals surface area (Å²) in [7, 11) is 0. The number of nitrogens with zero attached hydrogens (tertiary/aromatic N) is 1. The van der Waals surface area contributed by atoms with E-state index in [0.29, 0.717) is 17.0 Å². The van der Waals surface area contributed by atoms with Crippen LogP contribution in [0.1, 0.15) is 57.9 Å². The molecule has 0 unspecified atom stereocenters. The largest absolute Gasteiger partial charge is 0.272 e. The van der Waals surface area contributed by atoms with Crippen LogP contribution in [0.3, 0.4) is 0 Å². The van der Waals surface area contributed by atoms with Gasteiger partial charge in [0.25, 0.3) is 5.69 Å². The average molecular weight is 261 g/mol. The van der Waals surface area contributed by atoms with E-state index in [2.05, 4.69) is 20.8 Å². The predicted molar refractivity (Wildman–Crippen MR) is 77.3 cm³/mol. The molecule has 0 radical (unpaired) electrons. The van der Waals surface area contributed by atoms with Gasteiger partial charge in [-0.05, 0) is 42.9 Å². The van der Waals surface area contributed by atoms with Gasteiger partial charge in [0, 0.05) is 11.6 Å². The topological polar surface area (TPSA) is 43.1 Å². The fourth-order valence-corrected chi connectivity index (χ4v) is 3.27. The van der Waals surface area contributed by atoms with Gasteiger partial charge in [-0.2, -0.15) is 0 Å². The highest BCUT2D eigenvalue weighted by Crippen LogP contribution is 2.44. The van der Waals surface area contributed by atoms with E-state index in [9.17, 15) is 10.1 Å². The second-order valence-electron chi connectivity index (χ2n) is 6.73. The van der Waals surface area contributed by atoms with Crippen molar-refractivity contribution >= 4 is 5.69 Å². The quantitative estimate of drug-likeness (QED) is 0.560. The number of nitro benzene ring substituents is 1. The Balaban J connectivity index is 2.12. The Hall–Kier alpha value is -1.38. The van der Waals surface area contributed by atoms with Crippen LogP contribution in [0.4, 0.5) is 5.69 Å². The Kier molecular flexibility index (Phi) is 3.93. The molecule has 19 heavy (non-hydrogen) atoms. The van der Waals surface area contributed by atoms with Gasteiger partial charge in [-0.15, -0.1) is 0 Å². The molecule has 2 rings (SSSR count). The van der Waals surface area contributed by atoms with Crippen molar-refractivity contribution < 1.29 is 4.92 Å². The van der Waals surface area contributed by atoms with E-state index in [-0.39, 0.29) is 4.92 Å². The highest BCUT2D eigenvalue weighted by molar-refractivity contribution is 5.42. The molecule has 0 atom stereocenters. The first-order chi connectivity index (χ1) is 8.89. The lowest BCUT2D eigenvalue weighted by atomic mass is 9.68. The van der Waals surface area contributed by atoms with Crippen molar-refractivity contribution in [3.63, 3.8) is 0 Å². The van der Waals surface area contributed by atoms with Crippen molar-refractivity contribution in [1.82, 2.24) is 0 Å². The van der Waals surface area contributed by atoms with E-state index in [1.807, 2.05) is 12.1 Å². The van der Waals surface area contributed by atoms with Crippen LogP contribution < -0.4 is 0 Å². The molecule has 104 valence electrons. The average Bonchev–Trinajstić information content (AvgIpc) is 2.38. The monoisotopic (exact) mass is 261 g/mol. The van der Waals surface area contributed by atoms with Crippen LogP contribution in [0, 0.1) is 21.4 Å². The molecule has 0 N–H and O–H groups in total. The number of benzene rings is 1. The highest BCUT2D eigenvalue weighted by atomic mass is 16.6. The molecule has 0 saturated heterocycles. The Morgan fingerprint density at radius 1 is 1.11 bits per heavy atom. The lowest BCUT2D eigenvalue weighted by Crippen LogP contribution is -2.25. The van der Waals surface area contributed by atoms with E-state index in [4.69, 9.17) is 0 Å². The van der Waals surface area contributed by atoms with E-state index in [1.54, 1.807) is 12.1 Å². The van der Waals surface area contributed by atoms with Gasteiger partial charge in [-0.3, -0.25) is 10.1 Å². The smallest absolute Gasteiger partial charge is 0.258 e. The van der Waals surface area contributed by atoms with Crippen LogP contribution in [-0.2, 0) is 0 Å². The normalized spacial score (nSPS) is 24.2. The van der Waals surface area contributed by atoms with Crippen molar-refractivity contribution in [2.45, 2.75) is 52.4 Å². The molecular weight excluding hydrogens is 238 g/mol. The summed E-state index contributed by atoms with van der Waals surface area (Å²) in [4.78, 5) is 10.8. The Morgan fingerprint density at radius 3 is 2.21 bits per heavy atom. The van der Waals surface area contributed by atoms with Crippen molar-refractivity contribution in [3.8, 4) is 0 Å². The van der Waals surface area contributed by atoms with Crippen molar-refractivity contribution in [2.75, 3.05) is 0 Å². The fraction of sp³-hybridized carbons (Fsp3) is 0.625. The van der Waals surface area contributed by atoms with E-state index >= 15 is 0 Å². The fourth-order valence-electron chi connectivity index (χ4n) is 3.27. The SMILES string of the molecule is CC(C)(C)C1CCC(c2ccccc2[N+](=O)[O-])CC1. The third-order valence-electron chi connectivity index (χ3n) is 4.53. The molecule has 1 aromatic carbocycles. The number of para-hydroxylation sites is 1. The molecule has 0 aliphatic heterocycles. The first-order valence-corrected chi connectivity index (χ1v) is 7.13. The first kappa shape index (κ1) is 14.0. The maximum Gasteiger partial charge on any atom is 0.272 e. The van der Waals surface area contributed by atoms with Gasteiger partial charge < -0.3 is 0 Å². The van der Waals surface area contributed by atoms with Crippen LogP contribution in [0.2, 0.25) is 0 Å². The van der Waals surface area contributed by atoms with Gasteiger partial charge in [0.15, 0.2) is 0 Å². The molecule has 0 bridgehead atoms. The summed E-state index contributed by atoms with van der Waals surface area (Å²) in [6.07, 6.45) is 4.51. The Morgan fingerprint density at radius 2 is 1.68 bits per heavy atom. The zero-order valence-electron chi connectivity index (χ0n) is 12.1. The van der Waals surface area contributed by atoms with Gasteiger partial charge in [-0.1, -0.05) is 39.0 Å². The van der Waals surface area contributed by atoms with Crippen LogP contribution in [0.15, 0.2) is 24.3 Å².